The Morgan fingerprint density at radius 1 is 1.22 bits per heavy atom. The van der Waals surface area contributed by atoms with Crippen LogP contribution in [0, 0.1) is 11.3 Å². The molecule has 240 valence electrons. The molecule has 2 aromatic carbocycles. The Bertz CT molecular complexity index is 1670. The number of H-pyrrole nitrogens is 1. The minimum absolute atomic E-state index is 0.00127. The second-order valence-electron chi connectivity index (χ2n) is 10.8. The number of alkyl halides is 3. The highest BCUT2D eigenvalue weighted by atomic mass is 19.4. The van der Waals surface area contributed by atoms with Gasteiger partial charge in [-0.1, -0.05) is 12.1 Å². The van der Waals surface area contributed by atoms with E-state index in [0.29, 0.717) is 34.3 Å². The Kier molecular flexibility index (Phi) is 10.9. The van der Waals surface area contributed by atoms with Crippen LogP contribution in [-0.2, 0) is 31.8 Å². The largest absolute Gasteiger partial charge is 0.554 e. The number of allylic oxidation sites excluding steroid dienone is 1. The van der Waals surface area contributed by atoms with Crippen molar-refractivity contribution in [3.63, 3.8) is 0 Å². The molecule has 0 spiro atoms. The predicted octanol–water partition coefficient (Wildman–Crippen LogP) is 2.63. The van der Waals surface area contributed by atoms with Gasteiger partial charge in [-0.25, -0.2) is 19.3 Å². The number of ether oxygens (including phenoxy) is 2. The van der Waals surface area contributed by atoms with Gasteiger partial charge in [-0.05, 0) is 42.8 Å². The summed E-state index contributed by atoms with van der Waals surface area (Å²) in [5, 5.41) is 24.4. The Hall–Kier alpha value is -4.94. The smallest absolute Gasteiger partial charge is 0.416 e. The molecule has 0 saturated heterocycles. The van der Waals surface area contributed by atoms with E-state index in [1.165, 1.54) is 28.7 Å². The van der Waals surface area contributed by atoms with Gasteiger partial charge in [0.15, 0.2) is 0 Å². The summed E-state index contributed by atoms with van der Waals surface area (Å²) in [6, 6.07) is 10.6. The quantitative estimate of drug-likeness (QED) is 0.163. The maximum atomic E-state index is 13.6. The Balaban J connectivity index is 0.00000177. The summed E-state index contributed by atoms with van der Waals surface area (Å²) in [5.74, 6) is -0.768. The maximum Gasteiger partial charge on any atom is 0.416 e. The molecule has 4 rings (SSSR count). The van der Waals surface area contributed by atoms with Crippen LogP contribution in [-0.4, -0.2) is 73.2 Å². The number of nitrogens with one attached hydrogen (secondary N) is 1. The van der Waals surface area contributed by atoms with E-state index < -0.39 is 35.9 Å². The topological polar surface area (TPSA) is 153 Å². The molecule has 0 aliphatic carbocycles. The Morgan fingerprint density at radius 2 is 1.91 bits per heavy atom. The first-order valence-corrected chi connectivity index (χ1v) is 13.6. The molecule has 0 unspecified atom stereocenters. The number of aromatic amines is 1. The molecule has 0 fully saturated rings. The number of benzene rings is 2. The Morgan fingerprint density at radius 3 is 2.51 bits per heavy atom. The first kappa shape index (κ1) is 34.5. The highest BCUT2D eigenvalue weighted by molar-refractivity contribution is 5.93. The summed E-state index contributed by atoms with van der Waals surface area (Å²) in [4.78, 5) is 36.3. The third-order valence-corrected chi connectivity index (χ3v) is 7.26. The standard InChI is InChI=1S/C29H31F3N6O4.CH2O2/c1-18-24(26(39)42-5)25(23-11-10-19(16-33)14-20(23)17-38(2,3)12-7-13-41-4)37-27(34-35-28(37)40)36(18)22-9-6-8-21(15-22)29(30,31)32;2-1-3/h6,8-11,14-15,25H,7,12-13,17H2,1-5H3;1H,(H,2,3)/t25-;/m1./s1. The summed E-state index contributed by atoms with van der Waals surface area (Å²) >= 11 is 0. The third-order valence-electron chi connectivity index (χ3n) is 7.26. The number of carbonyl (C=O) groups is 2. The van der Waals surface area contributed by atoms with Gasteiger partial charge in [0, 0.05) is 37.0 Å². The SMILES string of the molecule is COCCC[N+](C)(C)Cc1cc(C#N)ccc1[C@@H]1C(C(=O)OC)=C(C)N(c2cccc(C(F)(F)F)c2)c2n[nH]c(=O)n21.O=C[O-]. The van der Waals surface area contributed by atoms with Crippen LogP contribution in [0.15, 0.2) is 58.5 Å². The van der Waals surface area contributed by atoms with Crippen molar-refractivity contribution in [1.82, 2.24) is 14.8 Å². The lowest BCUT2D eigenvalue weighted by atomic mass is 9.89. The van der Waals surface area contributed by atoms with Gasteiger partial charge in [-0.15, -0.1) is 5.10 Å². The van der Waals surface area contributed by atoms with Crippen LogP contribution in [0.3, 0.4) is 0 Å². The third kappa shape index (κ3) is 7.59. The summed E-state index contributed by atoms with van der Waals surface area (Å²) < 4.78 is 52.9. The molecule has 12 nitrogen and oxygen atoms in total. The zero-order valence-corrected chi connectivity index (χ0v) is 25.3. The van der Waals surface area contributed by atoms with E-state index in [2.05, 4.69) is 16.3 Å². The molecule has 2 heterocycles. The fourth-order valence-corrected chi connectivity index (χ4v) is 5.33. The van der Waals surface area contributed by atoms with Gasteiger partial charge in [-0.2, -0.15) is 18.4 Å². The monoisotopic (exact) mass is 630 g/mol. The number of anilines is 2. The number of carboxylic acid groups (broad SMARTS) is 1. The van der Waals surface area contributed by atoms with Crippen molar-refractivity contribution < 1.29 is 41.8 Å². The summed E-state index contributed by atoms with van der Waals surface area (Å²) in [6.07, 6.45) is -3.84. The molecule has 45 heavy (non-hydrogen) atoms. The molecule has 0 amide bonds. The van der Waals surface area contributed by atoms with Crippen LogP contribution >= 0.6 is 0 Å². The number of aromatic nitrogens is 3. The highest BCUT2D eigenvalue weighted by Gasteiger charge is 2.41. The zero-order valence-electron chi connectivity index (χ0n) is 25.3. The van der Waals surface area contributed by atoms with Crippen LogP contribution in [0.2, 0.25) is 0 Å². The minimum Gasteiger partial charge on any atom is -0.554 e. The van der Waals surface area contributed by atoms with Crippen LogP contribution in [0.25, 0.3) is 0 Å². The van der Waals surface area contributed by atoms with Crippen molar-refractivity contribution in [3.05, 3.63) is 86.5 Å². The molecule has 1 atom stereocenters. The number of nitrogens with zero attached hydrogens (tertiary/aromatic N) is 5. The predicted molar refractivity (Wildman–Crippen MR) is 154 cm³/mol. The fraction of sp³-hybridized carbons (Fsp3) is 0.367. The molecule has 0 bridgehead atoms. The van der Waals surface area contributed by atoms with E-state index in [-0.39, 0.29) is 22.9 Å². The van der Waals surface area contributed by atoms with Crippen molar-refractivity contribution in [3.8, 4) is 6.07 Å². The fourth-order valence-electron chi connectivity index (χ4n) is 5.33. The minimum atomic E-state index is -4.62. The second-order valence-corrected chi connectivity index (χ2v) is 10.8. The average Bonchev–Trinajstić information content (AvgIpc) is 3.36. The van der Waals surface area contributed by atoms with E-state index in [1.807, 2.05) is 14.1 Å². The number of hydrogen-bond donors (Lipinski definition) is 1. The zero-order chi connectivity index (χ0) is 33.5. The molecular weight excluding hydrogens is 597 g/mol. The van der Waals surface area contributed by atoms with Gasteiger partial charge < -0.3 is 23.9 Å². The maximum absolute atomic E-state index is 13.6. The molecule has 1 aliphatic heterocycles. The number of carbonyl (C=O) groups excluding carboxylic acids is 2. The molecule has 1 N–H and O–H groups in total. The molecule has 0 saturated carbocycles. The molecular formula is C30H33F3N6O6. The summed E-state index contributed by atoms with van der Waals surface area (Å²) in [6.45, 7) is 2.82. The van der Waals surface area contributed by atoms with E-state index in [1.54, 1.807) is 32.2 Å². The normalized spacial score (nSPS) is 14.6. The van der Waals surface area contributed by atoms with Crippen LogP contribution < -0.4 is 15.7 Å². The average molecular weight is 631 g/mol. The van der Waals surface area contributed by atoms with E-state index >= 15 is 0 Å². The number of fused-ring (bicyclic) bond motifs is 1. The molecule has 15 heteroatoms. The van der Waals surface area contributed by atoms with Gasteiger partial charge >= 0.3 is 17.8 Å². The van der Waals surface area contributed by atoms with E-state index in [0.717, 1.165) is 25.1 Å². The van der Waals surface area contributed by atoms with Crippen molar-refractivity contribution in [2.75, 3.05) is 46.4 Å². The number of quaternary nitrogens is 1. The first-order chi connectivity index (χ1) is 21.2. The number of hydrogen-bond acceptors (Lipinski definition) is 9. The van der Waals surface area contributed by atoms with Crippen molar-refractivity contribution >= 4 is 24.1 Å². The molecule has 0 radical (unpaired) electrons. The van der Waals surface area contributed by atoms with Crippen LogP contribution in [0.1, 0.15) is 41.6 Å². The summed E-state index contributed by atoms with van der Waals surface area (Å²) in [7, 11) is 6.86. The molecule has 1 aromatic heterocycles. The van der Waals surface area contributed by atoms with Crippen LogP contribution in [0.4, 0.5) is 24.8 Å². The lowest BCUT2D eigenvalue weighted by molar-refractivity contribution is -0.903. The van der Waals surface area contributed by atoms with Gasteiger partial charge in [0.2, 0.25) is 5.95 Å². The number of halogens is 3. The number of methoxy groups -OCH3 is 2. The lowest BCUT2D eigenvalue weighted by Crippen LogP contribution is -2.41. The molecule has 1 aliphatic rings. The molecule has 3 aromatic rings. The number of nitriles is 1. The van der Waals surface area contributed by atoms with Crippen molar-refractivity contribution in [2.24, 2.45) is 0 Å². The van der Waals surface area contributed by atoms with E-state index in [4.69, 9.17) is 19.4 Å². The van der Waals surface area contributed by atoms with Crippen LogP contribution in [0.5, 0.6) is 0 Å². The van der Waals surface area contributed by atoms with Gasteiger partial charge in [0.1, 0.15) is 12.6 Å². The number of rotatable bonds is 9. The van der Waals surface area contributed by atoms with Gasteiger partial charge in [0.25, 0.3) is 0 Å². The Labute approximate surface area is 257 Å². The van der Waals surface area contributed by atoms with Crippen molar-refractivity contribution in [2.45, 2.75) is 32.1 Å². The number of esters is 1. The second kappa shape index (κ2) is 14.2. The van der Waals surface area contributed by atoms with Gasteiger partial charge in [-0.3, -0.25) is 4.90 Å². The first-order valence-electron chi connectivity index (χ1n) is 13.6. The van der Waals surface area contributed by atoms with Crippen molar-refractivity contribution in [1.29, 1.82) is 5.26 Å². The summed E-state index contributed by atoms with van der Waals surface area (Å²) in [5.41, 5.74) is 0.420. The van der Waals surface area contributed by atoms with Gasteiger partial charge in [0.05, 0.1) is 57.1 Å². The highest BCUT2D eigenvalue weighted by Crippen LogP contribution is 2.43. The lowest BCUT2D eigenvalue weighted by Gasteiger charge is -2.37. The van der Waals surface area contributed by atoms with E-state index in [9.17, 15) is 28.0 Å².